The third-order valence-electron chi connectivity index (χ3n) is 2.60. The molecular formula is C12H15N3O3. The van der Waals surface area contributed by atoms with Crippen LogP contribution in [0.15, 0.2) is 18.2 Å². The predicted octanol–water partition coefficient (Wildman–Crippen LogP) is 2.34. The lowest BCUT2D eigenvalue weighted by Crippen LogP contribution is -2.24. The van der Waals surface area contributed by atoms with Crippen molar-refractivity contribution in [2.24, 2.45) is 0 Å². The second-order valence-corrected chi connectivity index (χ2v) is 3.60. The maximum Gasteiger partial charge on any atom is 0.296 e. The molecule has 1 aromatic carbocycles. The van der Waals surface area contributed by atoms with E-state index >= 15 is 0 Å². The second-order valence-electron chi connectivity index (χ2n) is 3.60. The zero-order valence-electron chi connectivity index (χ0n) is 10.4. The standard InChI is InChI=1S/C12H15N3O3/c1-3-14(8-4-7-13)11-6-5-10(18-2)9-12(11)15(16)17/h5-6,9H,3-4,8H2,1-2H3. The van der Waals surface area contributed by atoms with Crippen molar-refractivity contribution in [3.05, 3.63) is 28.3 Å². The normalized spacial score (nSPS) is 9.61. The molecule has 0 heterocycles. The molecule has 0 spiro atoms. The largest absolute Gasteiger partial charge is 0.496 e. The van der Waals surface area contributed by atoms with Crippen LogP contribution in [0.3, 0.4) is 0 Å². The third-order valence-corrected chi connectivity index (χ3v) is 2.60. The first-order valence-corrected chi connectivity index (χ1v) is 5.58. The molecule has 18 heavy (non-hydrogen) atoms. The van der Waals surface area contributed by atoms with Crippen LogP contribution in [0.4, 0.5) is 11.4 Å². The smallest absolute Gasteiger partial charge is 0.296 e. The van der Waals surface area contributed by atoms with Gasteiger partial charge in [0.2, 0.25) is 0 Å². The Kier molecular flexibility index (Phi) is 4.93. The summed E-state index contributed by atoms with van der Waals surface area (Å²) < 4.78 is 4.98. The first-order valence-electron chi connectivity index (χ1n) is 5.58. The van der Waals surface area contributed by atoms with Crippen LogP contribution in [0.25, 0.3) is 0 Å². The van der Waals surface area contributed by atoms with Crippen LogP contribution >= 0.6 is 0 Å². The van der Waals surface area contributed by atoms with Gasteiger partial charge >= 0.3 is 0 Å². The number of anilines is 1. The van der Waals surface area contributed by atoms with Gasteiger partial charge in [0.1, 0.15) is 11.4 Å². The highest BCUT2D eigenvalue weighted by Gasteiger charge is 2.19. The van der Waals surface area contributed by atoms with E-state index in [1.165, 1.54) is 13.2 Å². The van der Waals surface area contributed by atoms with E-state index in [-0.39, 0.29) is 5.69 Å². The van der Waals surface area contributed by atoms with Crippen LogP contribution in [-0.2, 0) is 0 Å². The van der Waals surface area contributed by atoms with Gasteiger partial charge in [0.25, 0.3) is 5.69 Å². The fourth-order valence-electron chi connectivity index (χ4n) is 1.68. The summed E-state index contributed by atoms with van der Waals surface area (Å²) in [5, 5.41) is 19.6. The van der Waals surface area contributed by atoms with E-state index in [1.54, 1.807) is 17.0 Å². The molecule has 0 aliphatic carbocycles. The van der Waals surface area contributed by atoms with Crippen molar-refractivity contribution in [3.8, 4) is 11.8 Å². The number of rotatable bonds is 6. The summed E-state index contributed by atoms with van der Waals surface area (Å²) in [6.45, 7) is 2.97. The number of nitriles is 1. The number of hydrogen-bond acceptors (Lipinski definition) is 5. The lowest BCUT2D eigenvalue weighted by molar-refractivity contribution is -0.384. The molecule has 0 aromatic heterocycles. The van der Waals surface area contributed by atoms with E-state index in [9.17, 15) is 10.1 Å². The van der Waals surface area contributed by atoms with Crippen LogP contribution in [0.2, 0.25) is 0 Å². The maximum atomic E-state index is 11.0. The zero-order valence-corrected chi connectivity index (χ0v) is 10.4. The molecule has 0 N–H and O–H groups in total. The number of nitro benzene ring substituents is 1. The van der Waals surface area contributed by atoms with Gasteiger partial charge in [0.15, 0.2) is 0 Å². The highest BCUT2D eigenvalue weighted by molar-refractivity contribution is 5.65. The van der Waals surface area contributed by atoms with E-state index in [0.717, 1.165) is 0 Å². The molecule has 1 rings (SSSR count). The molecule has 0 aliphatic heterocycles. The summed E-state index contributed by atoms with van der Waals surface area (Å²) in [6, 6.07) is 6.76. The molecule has 0 bridgehead atoms. The minimum atomic E-state index is -0.438. The lowest BCUT2D eigenvalue weighted by atomic mass is 10.2. The highest BCUT2D eigenvalue weighted by Crippen LogP contribution is 2.31. The summed E-state index contributed by atoms with van der Waals surface area (Å²) in [7, 11) is 1.46. The topological polar surface area (TPSA) is 79.4 Å². The van der Waals surface area contributed by atoms with Crippen molar-refractivity contribution in [3.63, 3.8) is 0 Å². The predicted molar refractivity (Wildman–Crippen MR) is 67.8 cm³/mol. The Balaban J connectivity index is 3.13. The fraction of sp³-hybridized carbons (Fsp3) is 0.417. The van der Waals surface area contributed by atoms with Crippen LogP contribution in [0, 0.1) is 21.4 Å². The second kappa shape index (κ2) is 6.45. The van der Waals surface area contributed by atoms with E-state index in [2.05, 4.69) is 0 Å². The summed E-state index contributed by atoms with van der Waals surface area (Å²) in [5.41, 5.74) is 0.507. The lowest BCUT2D eigenvalue weighted by Gasteiger charge is -2.21. The van der Waals surface area contributed by atoms with Gasteiger partial charge in [-0.1, -0.05) is 0 Å². The van der Waals surface area contributed by atoms with Crippen molar-refractivity contribution in [2.45, 2.75) is 13.3 Å². The van der Waals surface area contributed by atoms with Crippen molar-refractivity contribution in [2.75, 3.05) is 25.1 Å². The van der Waals surface area contributed by atoms with E-state index in [4.69, 9.17) is 10.00 Å². The molecule has 0 atom stereocenters. The molecule has 0 saturated heterocycles. The number of benzene rings is 1. The average Bonchev–Trinajstić information content (AvgIpc) is 2.39. The van der Waals surface area contributed by atoms with Crippen molar-refractivity contribution < 1.29 is 9.66 Å². The molecular weight excluding hydrogens is 234 g/mol. The molecule has 0 saturated carbocycles. The van der Waals surface area contributed by atoms with Crippen molar-refractivity contribution in [1.82, 2.24) is 0 Å². The Morgan fingerprint density at radius 1 is 1.56 bits per heavy atom. The number of methoxy groups -OCH3 is 1. The van der Waals surface area contributed by atoms with E-state index in [1.807, 2.05) is 13.0 Å². The quantitative estimate of drug-likeness (QED) is 0.571. The van der Waals surface area contributed by atoms with Gasteiger partial charge in [0.05, 0.1) is 30.6 Å². The Labute approximate surface area is 106 Å². The Bertz CT molecular complexity index is 468. The first-order chi connectivity index (χ1) is 8.63. The van der Waals surface area contributed by atoms with Gasteiger partial charge in [0, 0.05) is 13.1 Å². The first kappa shape index (κ1) is 13.8. The van der Waals surface area contributed by atoms with Crippen LogP contribution in [0.5, 0.6) is 5.75 Å². The fourth-order valence-corrected chi connectivity index (χ4v) is 1.68. The Morgan fingerprint density at radius 2 is 2.28 bits per heavy atom. The molecule has 0 fully saturated rings. The highest BCUT2D eigenvalue weighted by atomic mass is 16.6. The van der Waals surface area contributed by atoms with Crippen LogP contribution < -0.4 is 9.64 Å². The monoisotopic (exact) mass is 249 g/mol. The number of hydrogen-bond donors (Lipinski definition) is 0. The SMILES string of the molecule is CCN(CCC#N)c1ccc(OC)cc1[N+](=O)[O-]. The number of nitro groups is 1. The van der Waals surface area contributed by atoms with Crippen LogP contribution in [0.1, 0.15) is 13.3 Å². The van der Waals surface area contributed by atoms with Crippen molar-refractivity contribution >= 4 is 11.4 Å². The molecule has 0 aliphatic rings. The summed E-state index contributed by atoms with van der Waals surface area (Å²) in [6.07, 6.45) is 0.330. The zero-order chi connectivity index (χ0) is 13.5. The van der Waals surface area contributed by atoms with Crippen molar-refractivity contribution in [1.29, 1.82) is 5.26 Å². The summed E-state index contributed by atoms with van der Waals surface area (Å²) in [5.74, 6) is 0.446. The molecule has 1 aromatic rings. The molecule has 0 amide bonds. The van der Waals surface area contributed by atoms with E-state index in [0.29, 0.717) is 30.9 Å². The van der Waals surface area contributed by atoms with Gasteiger partial charge in [-0.2, -0.15) is 5.26 Å². The minimum Gasteiger partial charge on any atom is -0.496 e. The van der Waals surface area contributed by atoms with Gasteiger partial charge < -0.3 is 9.64 Å². The van der Waals surface area contributed by atoms with Gasteiger partial charge in [-0.25, -0.2) is 0 Å². The average molecular weight is 249 g/mol. The summed E-state index contributed by atoms with van der Waals surface area (Å²) >= 11 is 0. The van der Waals surface area contributed by atoms with Gasteiger partial charge in [-0.05, 0) is 19.1 Å². The molecule has 0 unspecified atom stereocenters. The Hall–Kier alpha value is -2.29. The van der Waals surface area contributed by atoms with Gasteiger partial charge in [-0.3, -0.25) is 10.1 Å². The number of nitrogens with zero attached hydrogens (tertiary/aromatic N) is 3. The minimum absolute atomic E-state index is 0.00543. The Morgan fingerprint density at radius 3 is 2.78 bits per heavy atom. The maximum absolute atomic E-state index is 11.0. The molecule has 96 valence electrons. The molecule has 6 nitrogen and oxygen atoms in total. The third kappa shape index (κ3) is 3.10. The summed E-state index contributed by atoms with van der Waals surface area (Å²) in [4.78, 5) is 12.4. The van der Waals surface area contributed by atoms with Crippen LogP contribution in [-0.4, -0.2) is 25.1 Å². The molecule has 0 radical (unpaired) electrons. The number of ether oxygens (including phenoxy) is 1. The van der Waals surface area contributed by atoms with Gasteiger partial charge in [-0.15, -0.1) is 0 Å². The van der Waals surface area contributed by atoms with E-state index < -0.39 is 4.92 Å². The molecule has 6 heteroatoms.